The molecule has 2 fully saturated rings. The van der Waals surface area contributed by atoms with Gasteiger partial charge in [-0.25, -0.2) is 8.42 Å². The van der Waals surface area contributed by atoms with Crippen molar-refractivity contribution in [2.75, 3.05) is 39.9 Å². The highest BCUT2D eigenvalue weighted by Crippen LogP contribution is 2.38. The van der Waals surface area contributed by atoms with Crippen LogP contribution in [0.4, 0.5) is 0 Å². The molecule has 1 aromatic carbocycles. The quantitative estimate of drug-likeness (QED) is 0.658. The summed E-state index contributed by atoms with van der Waals surface area (Å²) in [5.41, 5.74) is 0. The molecule has 1 saturated heterocycles. The van der Waals surface area contributed by atoms with Gasteiger partial charge in [-0.15, -0.1) is 0 Å². The third-order valence-electron chi connectivity index (χ3n) is 5.04. The van der Waals surface area contributed by atoms with E-state index in [1.54, 1.807) is 12.1 Å². The van der Waals surface area contributed by atoms with Crippen LogP contribution in [-0.4, -0.2) is 69.4 Å². The molecule has 1 amide bonds. The molecule has 27 heavy (non-hydrogen) atoms. The summed E-state index contributed by atoms with van der Waals surface area (Å²) in [5.74, 6) is 0.220. The summed E-state index contributed by atoms with van der Waals surface area (Å²) in [6.07, 6.45) is 0.814. The average Bonchev–Trinajstić information content (AvgIpc) is 3.42. The van der Waals surface area contributed by atoms with Crippen molar-refractivity contribution in [1.29, 1.82) is 0 Å². The lowest BCUT2D eigenvalue weighted by Crippen LogP contribution is -2.51. The molecule has 3 rings (SSSR count). The molecule has 1 aromatic rings. The summed E-state index contributed by atoms with van der Waals surface area (Å²) in [4.78, 5) is 25.6. The normalized spacial score (nSPS) is 23.0. The zero-order chi connectivity index (χ0) is 19.6. The SMILES string of the molecule is COc1ccc(S(=O)(=O)N2CCN(C(=O)COC(=O)[C@@H]3C[C@H]3C)CC2)cc1. The second kappa shape index (κ2) is 7.85. The first kappa shape index (κ1) is 19.6. The number of esters is 1. The lowest BCUT2D eigenvalue weighted by Gasteiger charge is -2.33. The number of methoxy groups -OCH3 is 1. The van der Waals surface area contributed by atoms with E-state index in [9.17, 15) is 18.0 Å². The zero-order valence-electron chi connectivity index (χ0n) is 15.5. The van der Waals surface area contributed by atoms with Crippen molar-refractivity contribution in [2.24, 2.45) is 11.8 Å². The van der Waals surface area contributed by atoms with Crippen molar-refractivity contribution < 1.29 is 27.5 Å². The summed E-state index contributed by atoms with van der Waals surface area (Å²) in [6, 6.07) is 6.21. The summed E-state index contributed by atoms with van der Waals surface area (Å²) in [7, 11) is -2.10. The van der Waals surface area contributed by atoms with Gasteiger partial charge in [0.25, 0.3) is 5.91 Å². The Balaban J connectivity index is 1.51. The molecular formula is C18H24N2O6S. The molecule has 0 N–H and O–H groups in total. The van der Waals surface area contributed by atoms with Crippen LogP contribution in [0.15, 0.2) is 29.2 Å². The Bertz CT molecular complexity index is 800. The van der Waals surface area contributed by atoms with Crippen LogP contribution in [0.25, 0.3) is 0 Å². The molecule has 1 heterocycles. The predicted octanol–water partition coefficient (Wildman–Crippen LogP) is 0.727. The fourth-order valence-corrected chi connectivity index (χ4v) is 4.48. The van der Waals surface area contributed by atoms with E-state index in [-0.39, 0.29) is 55.5 Å². The van der Waals surface area contributed by atoms with Crippen molar-refractivity contribution in [3.8, 4) is 5.75 Å². The molecule has 1 aliphatic carbocycles. The van der Waals surface area contributed by atoms with Gasteiger partial charge in [-0.05, 0) is 36.6 Å². The maximum absolute atomic E-state index is 12.7. The molecule has 0 unspecified atom stereocenters. The number of sulfonamides is 1. The third-order valence-corrected chi connectivity index (χ3v) is 6.95. The highest BCUT2D eigenvalue weighted by atomic mass is 32.2. The van der Waals surface area contributed by atoms with Gasteiger partial charge in [0.05, 0.1) is 17.9 Å². The first-order valence-corrected chi connectivity index (χ1v) is 10.4. The van der Waals surface area contributed by atoms with E-state index in [1.165, 1.54) is 28.4 Å². The largest absolute Gasteiger partial charge is 0.497 e. The second-order valence-corrected chi connectivity index (χ2v) is 8.83. The highest BCUT2D eigenvalue weighted by molar-refractivity contribution is 7.89. The maximum atomic E-state index is 12.7. The zero-order valence-corrected chi connectivity index (χ0v) is 16.3. The van der Waals surface area contributed by atoms with Gasteiger partial charge < -0.3 is 14.4 Å². The molecule has 8 nitrogen and oxygen atoms in total. The molecule has 1 saturated carbocycles. The molecule has 0 bridgehead atoms. The van der Waals surface area contributed by atoms with E-state index in [4.69, 9.17) is 9.47 Å². The molecule has 2 aliphatic rings. The van der Waals surface area contributed by atoms with Gasteiger partial charge in [-0.2, -0.15) is 4.31 Å². The Morgan fingerprint density at radius 2 is 1.70 bits per heavy atom. The number of nitrogens with zero attached hydrogens (tertiary/aromatic N) is 2. The number of carbonyl (C=O) groups excluding carboxylic acids is 2. The fraction of sp³-hybridized carbons (Fsp3) is 0.556. The number of amides is 1. The number of rotatable bonds is 6. The summed E-state index contributed by atoms with van der Waals surface area (Å²) >= 11 is 0. The highest BCUT2D eigenvalue weighted by Gasteiger charge is 2.41. The number of benzene rings is 1. The Morgan fingerprint density at radius 3 is 2.22 bits per heavy atom. The van der Waals surface area contributed by atoms with Crippen molar-refractivity contribution in [3.05, 3.63) is 24.3 Å². The number of ether oxygens (including phenoxy) is 2. The molecule has 1 aliphatic heterocycles. The first-order chi connectivity index (χ1) is 12.8. The molecule has 2 atom stereocenters. The number of carbonyl (C=O) groups is 2. The van der Waals surface area contributed by atoms with E-state index >= 15 is 0 Å². The van der Waals surface area contributed by atoms with E-state index in [2.05, 4.69) is 0 Å². The minimum atomic E-state index is -3.62. The van der Waals surface area contributed by atoms with Crippen molar-refractivity contribution in [3.63, 3.8) is 0 Å². The molecular weight excluding hydrogens is 372 g/mol. The van der Waals surface area contributed by atoms with E-state index in [0.717, 1.165) is 6.42 Å². The summed E-state index contributed by atoms with van der Waals surface area (Å²) in [5, 5.41) is 0. The number of piperazine rings is 1. The summed E-state index contributed by atoms with van der Waals surface area (Å²) in [6.45, 7) is 2.63. The molecule has 0 spiro atoms. The van der Waals surface area contributed by atoms with Crippen LogP contribution >= 0.6 is 0 Å². The Hall–Kier alpha value is -2.13. The Kier molecular flexibility index (Phi) is 5.71. The molecule has 9 heteroatoms. The minimum Gasteiger partial charge on any atom is -0.497 e. The van der Waals surface area contributed by atoms with E-state index in [0.29, 0.717) is 11.7 Å². The first-order valence-electron chi connectivity index (χ1n) is 8.91. The lowest BCUT2D eigenvalue weighted by molar-refractivity contribution is -0.153. The topological polar surface area (TPSA) is 93.2 Å². The van der Waals surface area contributed by atoms with Crippen LogP contribution in [0.1, 0.15) is 13.3 Å². The number of hydrogen-bond donors (Lipinski definition) is 0. The fourth-order valence-electron chi connectivity index (χ4n) is 3.06. The van der Waals surface area contributed by atoms with Crippen LogP contribution in [0.2, 0.25) is 0 Å². The van der Waals surface area contributed by atoms with Gasteiger partial charge in [-0.1, -0.05) is 6.92 Å². The molecule has 148 valence electrons. The molecule has 0 aromatic heterocycles. The Morgan fingerprint density at radius 1 is 1.11 bits per heavy atom. The standard InChI is InChI=1S/C18H24N2O6S/c1-13-11-16(13)18(22)26-12-17(21)19-7-9-20(10-8-19)27(23,24)15-5-3-14(25-2)4-6-15/h3-6,13,16H,7-12H2,1-2H3/t13-,16-/m1/s1. The summed E-state index contributed by atoms with van der Waals surface area (Å²) < 4.78 is 36.9. The van der Waals surface area contributed by atoms with Gasteiger partial charge in [0.15, 0.2) is 6.61 Å². The minimum absolute atomic E-state index is 0.0794. The van der Waals surface area contributed by atoms with Crippen molar-refractivity contribution in [1.82, 2.24) is 9.21 Å². The average molecular weight is 396 g/mol. The maximum Gasteiger partial charge on any atom is 0.309 e. The van der Waals surface area contributed by atoms with Gasteiger partial charge >= 0.3 is 5.97 Å². The van der Waals surface area contributed by atoms with Crippen LogP contribution in [0.3, 0.4) is 0 Å². The van der Waals surface area contributed by atoms with Crippen molar-refractivity contribution >= 4 is 21.9 Å². The van der Waals surface area contributed by atoms with Crippen LogP contribution in [0, 0.1) is 11.8 Å². The van der Waals surface area contributed by atoms with Crippen LogP contribution in [0.5, 0.6) is 5.75 Å². The lowest BCUT2D eigenvalue weighted by atomic mass is 10.3. The van der Waals surface area contributed by atoms with Gasteiger partial charge in [-0.3, -0.25) is 9.59 Å². The van der Waals surface area contributed by atoms with Gasteiger partial charge in [0.1, 0.15) is 5.75 Å². The second-order valence-electron chi connectivity index (χ2n) is 6.89. The third kappa shape index (κ3) is 4.41. The predicted molar refractivity (Wildman–Crippen MR) is 96.6 cm³/mol. The monoisotopic (exact) mass is 396 g/mol. The number of hydrogen-bond acceptors (Lipinski definition) is 6. The van der Waals surface area contributed by atoms with Crippen LogP contribution < -0.4 is 4.74 Å². The Labute approximate surface area is 159 Å². The van der Waals surface area contributed by atoms with Crippen molar-refractivity contribution in [2.45, 2.75) is 18.2 Å². The van der Waals surface area contributed by atoms with Gasteiger partial charge in [0.2, 0.25) is 10.0 Å². The van der Waals surface area contributed by atoms with E-state index < -0.39 is 10.0 Å². The molecule has 0 radical (unpaired) electrons. The smallest absolute Gasteiger partial charge is 0.309 e. The van der Waals surface area contributed by atoms with Gasteiger partial charge in [0, 0.05) is 26.2 Å². The van der Waals surface area contributed by atoms with Crippen LogP contribution in [-0.2, 0) is 24.3 Å². The van der Waals surface area contributed by atoms with E-state index in [1.807, 2.05) is 6.92 Å².